The van der Waals surface area contributed by atoms with Crippen LogP contribution in [0.15, 0.2) is 46.0 Å². The summed E-state index contributed by atoms with van der Waals surface area (Å²) in [5.74, 6) is 0.0377. The summed E-state index contributed by atoms with van der Waals surface area (Å²) in [6.45, 7) is 2.06. The van der Waals surface area contributed by atoms with Crippen molar-refractivity contribution in [2.75, 3.05) is 18.4 Å². The molecule has 3 rings (SSSR count). The van der Waals surface area contributed by atoms with E-state index in [2.05, 4.69) is 10.2 Å². The Balaban J connectivity index is 1.58. The first-order chi connectivity index (χ1) is 12.5. The Kier molecular flexibility index (Phi) is 5.37. The van der Waals surface area contributed by atoms with Crippen molar-refractivity contribution in [2.45, 2.75) is 19.4 Å². The molecule has 0 atom stereocenters. The third kappa shape index (κ3) is 3.94. The highest BCUT2D eigenvalue weighted by Gasteiger charge is 2.25. The molecule has 7 nitrogen and oxygen atoms in total. The number of aromatic nitrogens is 2. The molecule has 0 spiro atoms. The van der Waals surface area contributed by atoms with Gasteiger partial charge in [0.05, 0.1) is 0 Å². The SMILES string of the molecule is Cn1c(CN2CCC(C(=O)Nc3ccccc3)CC2)cc(=O)n(C)c1=O. The summed E-state index contributed by atoms with van der Waals surface area (Å²) in [5.41, 5.74) is 0.908. The summed E-state index contributed by atoms with van der Waals surface area (Å²) in [4.78, 5) is 38.4. The molecule has 138 valence electrons. The van der Waals surface area contributed by atoms with Crippen LogP contribution in [-0.2, 0) is 25.4 Å². The minimum atomic E-state index is -0.315. The van der Waals surface area contributed by atoms with Crippen LogP contribution < -0.4 is 16.6 Å². The minimum Gasteiger partial charge on any atom is -0.326 e. The van der Waals surface area contributed by atoms with Crippen LogP contribution in [0.1, 0.15) is 18.5 Å². The summed E-state index contributed by atoms with van der Waals surface area (Å²) < 4.78 is 2.61. The van der Waals surface area contributed by atoms with Crippen molar-refractivity contribution >= 4 is 11.6 Å². The lowest BCUT2D eigenvalue weighted by molar-refractivity contribution is -0.121. The molecule has 0 bridgehead atoms. The average Bonchev–Trinajstić information content (AvgIpc) is 2.65. The van der Waals surface area contributed by atoms with E-state index in [1.807, 2.05) is 30.3 Å². The molecule has 26 heavy (non-hydrogen) atoms. The molecule has 2 heterocycles. The maximum atomic E-state index is 12.4. The van der Waals surface area contributed by atoms with E-state index in [0.29, 0.717) is 12.2 Å². The van der Waals surface area contributed by atoms with Crippen molar-refractivity contribution in [1.82, 2.24) is 14.0 Å². The predicted molar refractivity (Wildman–Crippen MR) is 100.0 cm³/mol. The molecule has 0 saturated carbocycles. The Bertz CT molecular complexity index is 893. The van der Waals surface area contributed by atoms with Crippen LogP contribution in [0.2, 0.25) is 0 Å². The van der Waals surface area contributed by atoms with Crippen LogP contribution in [0.25, 0.3) is 0 Å². The number of likely N-dealkylation sites (tertiary alicyclic amines) is 1. The predicted octanol–water partition coefficient (Wildman–Crippen LogP) is 0.935. The van der Waals surface area contributed by atoms with Gasteiger partial charge in [-0.05, 0) is 38.1 Å². The zero-order valence-corrected chi connectivity index (χ0v) is 15.1. The van der Waals surface area contributed by atoms with Crippen LogP contribution in [0.4, 0.5) is 5.69 Å². The number of hydrogen-bond donors (Lipinski definition) is 1. The molecule has 1 N–H and O–H groups in total. The van der Waals surface area contributed by atoms with Crippen molar-refractivity contribution in [3.05, 3.63) is 62.9 Å². The van der Waals surface area contributed by atoms with Crippen LogP contribution in [0.5, 0.6) is 0 Å². The van der Waals surface area contributed by atoms with Crippen molar-refractivity contribution in [2.24, 2.45) is 20.0 Å². The molecular formula is C19H24N4O3. The van der Waals surface area contributed by atoms with E-state index in [1.54, 1.807) is 7.05 Å². The van der Waals surface area contributed by atoms with Gasteiger partial charge in [0.15, 0.2) is 0 Å². The molecule has 0 unspecified atom stereocenters. The highest BCUT2D eigenvalue weighted by atomic mass is 16.2. The number of amides is 1. The van der Waals surface area contributed by atoms with E-state index in [4.69, 9.17) is 0 Å². The summed E-state index contributed by atoms with van der Waals surface area (Å²) in [5, 5.41) is 2.96. The molecule has 0 radical (unpaired) electrons. The number of carbonyl (C=O) groups is 1. The lowest BCUT2D eigenvalue weighted by atomic mass is 9.95. The number of nitrogens with zero attached hydrogens (tertiary/aromatic N) is 3. The number of benzene rings is 1. The molecule has 1 fully saturated rings. The Morgan fingerprint density at radius 2 is 1.73 bits per heavy atom. The summed E-state index contributed by atoms with van der Waals surface area (Å²) in [7, 11) is 3.16. The second-order valence-corrected chi connectivity index (χ2v) is 6.78. The van der Waals surface area contributed by atoms with Gasteiger partial charge in [-0.2, -0.15) is 0 Å². The number of para-hydroxylation sites is 1. The topological polar surface area (TPSA) is 76.3 Å². The van der Waals surface area contributed by atoms with E-state index in [9.17, 15) is 14.4 Å². The van der Waals surface area contributed by atoms with Crippen LogP contribution >= 0.6 is 0 Å². The van der Waals surface area contributed by atoms with Gasteiger partial charge >= 0.3 is 5.69 Å². The number of piperidine rings is 1. The Hall–Kier alpha value is -2.67. The summed E-state index contributed by atoms with van der Waals surface area (Å²) in [6, 6.07) is 11.0. The van der Waals surface area contributed by atoms with E-state index in [1.165, 1.54) is 17.7 Å². The molecule has 1 amide bonds. The second-order valence-electron chi connectivity index (χ2n) is 6.78. The van der Waals surface area contributed by atoms with Crippen LogP contribution in [0, 0.1) is 5.92 Å². The molecule has 1 aromatic carbocycles. The van der Waals surface area contributed by atoms with Gasteiger partial charge in [-0.15, -0.1) is 0 Å². The molecule has 1 aliphatic heterocycles. The number of carbonyl (C=O) groups excluding carboxylic acids is 1. The first-order valence-corrected chi connectivity index (χ1v) is 8.80. The van der Waals surface area contributed by atoms with Crippen molar-refractivity contribution in [3.8, 4) is 0 Å². The quantitative estimate of drug-likeness (QED) is 0.884. The van der Waals surface area contributed by atoms with Crippen molar-refractivity contribution in [1.29, 1.82) is 0 Å². The Morgan fingerprint density at radius 3 is 2.38 bits per heavy atom. The zero-order chi connectivity index (χ0) is 18.7. The fourth-order valence-corrected chi connectivity index (χ4v) is 3.28. The lowest BCUT2D eigenvalue weighted by Crippen LogP contribution is -2.42. The van der Waals surface area contributed by atoms with E-state index in [-0.39, 0.29) is 23.1 Å². The minimum absolute atomic E-state index is 0.0149. The lowest BCUT2D eigenvalue weighted by Gasteiger charge is -2.31. The van der Waals surface area contributed by atoms with E-state index in [0.717, 1.165) is 36.2 Å². The van der Waals surface area contributed by atoms with Crippen LogP contribution in [-0.4, -0.2) is 33.0 Å². The maximum Gasteiger partial charge on any atom is 0.330 e. The number of nitrogens with one attached hydrogen (secondary N) is 1. The molecule has 1 saturated heterocycles. The maximum absolute atomic E-state index is 12.4. The normalized spacial score (nSPS) is 15.8. The number of hydrogen-bond acceptors (Lipinski definition) is 4. The van der Waals surface area contributed by atoms with Gasteiger partial charge in [0, 0.05) is 44.0 Å². The smallest absolute Gasteiger partial charge is 0.326 e. The zero-order valence-electron chi connectivity index (χ0n) is 15.1. The number of anilines is 1. The fraction of sp³-hybridized carbons (Fsp3) is 0.421. The van der Waals surface area contributed by atoms with Gasteiger partial charge in [0.2, 0.25) is 5.91 Å². The van der Waals surface area contributed by atoms with Gasteiger partial charge < -0.3 is 5.32 Å². The monoisotopic (exact) mass is 356 g/mol. The third-order valence-electron chi connectivity index (χ3n) is 5.01. The molecule has 2 aromatic rings. The van der Waals surface area contributed by atoms with Gasteiger partial charge in [0.1, 0.15) is 0 Å². The van der Waals surface area contributed by atoms with Gasteiger partial charge in [0.25, 0.3) is 5.56 Å². The molecule has 7 heteroatoms. The standard InChI is InChI=1S/C19H24N4O3/c1-21-16(12-17(24)22(2)19(21)26)13-23-10-8-14(9-11-23)18(25)20-15-6-4-3-5-7-15/h3-7,12,14H,8-11,13H2,1-2H3,(H,20,25). The Morgan fingerprint density at radius 1 is 1.08 bits per heavy atom. The molecular weight excluding hydrogens is 332 g/mol. The highest BCUT2D eigenvalue weighted by Crippen LogP contribution is 2.20. The fourth-order valence-electron chi connectivity index (χ4n) is 3.28. The van der Waals surface area contributed by atoms with Crippen LogP contribution in [0.3, 0.4) is 0 Å². The van der Waals surface area contributed by atoms with Crippen molar-refractivity contribution in [3.63, 3.8) is 0 Å². The summed E-state index contributed by atoms with van der Waals surface area (Å²) >= 11 is 0. The summed E-state index contributed by atoms with van der Waals surface area (Å²) in [6.07, 6.45) is 1.52. The van der Waals surface area contributed by atoms with Gasteiger partial charge in [-0.3, -0.25) is 23.6 Å². The van der Waals surface area contributed by atoms with E-state index < -0.39 is 0 Å². The van der Waals surface area contributed by atoms with E-state index >= 15 is 0 Å². The first-order valence-electron chi connectivity index (χ1n) is 8.80. The highest BCUT2D eigenvalue weighted by molar-refractivity contribution is 5.92. The largest absolute Gasteiger partial charge is 0.330 e. The molecule has 0 aliphatic carbocycles. The second kappa shape index (κ2) is 7.70. The molecule has 1 aromatic heterocycles. The van der Waals surface area contributed by atoms with Gasteiger partial charge in [-0.1, -0.05) is 18.2 Å². The third-order valence-corrected chi connectivity index (χ3v) is 5.01. The van der Waals surface area contributed by atoms with Crippen molar-refractivity contribution < 1.29 is 4.79 Å². The van der Waals surface area contributed by atoms with Gasteiger partial charge in [-0.25, -0.2) is 4.79 Å². The number of rotatable bonds is 4. The Labute approximate surface area is 151 Å². The molecule has 1 aliphatic rings. The first kappa shape index (κ1) is 18.1. The average molecular weight is 356 g/mol.